The topological polar surface area (TPSA) is 92.9 Å². The number of nitrogens with one attached hydrogen (secondary N) is 1. The van der Waals surface area contributed by atoms with Crippen LogP contribution >= 0.6 is 0 Å². The SMILES string of the molecule is Cc1ccc([C@@H](O)CC2c3nc(-c4ccncn4)cc(=O)n3CNC2(C)C)cc1. The van der Waals surface area contributed by atoms with Gasteiger partial charge in [-0.25, -0.2) is 15.0 Å². The average molecular weight is 391 g/mol. The van der Waals surface area contributed by atoms with E-state index in [2.05, 4.69) is 29.1 Å². The van der Waals surface area contributed by atoms with E-state index in [1.54, 1.807) is 16.8 Å². The molecule has 0 bridgehead atoms. The molecular formula is C22H25N5O2. The van der Waals surface area contributed by atoms with E-state index in [0.717, 1.165) is 11.1 Å². The number of hydrogen-bond acceptors (Lipinski definition) is 6. The molecule has 1 aromatic carbocycles. The summed E-state index contributed by atoms with van der Waals surface area (Å²) < 4.78 is 1.64. The predicted octanol–water partition coefficient (Wildman–Crippen LogP) is 2.56. The van der Waals surface area contributed by atoms with E-state index >= 15 is 0 Å². The van der Waals surface area contributed by atoms with E-state index in [9.17, 15) is 9.90 Å². The summed E-state index contributed by atoms with van der Waals surface area (Å²) >= 11 is 0. The van der Waals surface area contributed by atoms with Crippen LogP contribution in [0.25, 0.3) is 11.4 Å². The van der Waals surface area contributed by atoms with Crippen LogP contribution in [0.15, 0.2) is 53.7 Å². The number of aliphatic hydroxyl groups excluding tert-OH is 1. The number of aliphatic hydroxyl groups is 1. The zero-order valence-electron chi connectivity index (χ0n) is 16.8. The second-order valence-corrected chi connectivity index (χ2v) is 8.13. The van der Waals surface area contributed by atoms with Crippen LogP contribution in [0, 0.1) is 6.92 Å². The highest BCUT2D eigenvalue weighted by molar-refractivity contribution is 5.52. The van der Waals surface area contributed by atoms with Crippen LogP contribution < -0.4 is 10.9 Å². The quantitative estimate of drug-likeness (QED) is 0.710. The molecule has 29 heavy (non-hydrogen) atoms. The molecule has 0 saturated heterocycles. The first-order chi connectivity index (χ1) is 13.8. The second kappa shape index (κ2) is 7.50. The lowest BCUT2D eigenvalue weighted by Crippen LogP contribution is -2.53. The van der Waals surface area contributed by atoms with Gasteiger partial charge >= 0.3 is 0 Å². The fourth-order valence-corrected chi connectivity index (χ4v) is 3.80. The highest BCUT2D eigenvalue weighted by Crippen LogP contribution is 2.37. The number of aryl methyl sites for hydroxylation is 1. The normalized spacial score (nSPS) is 18.8. The van der Waals surface area contributed by atoms with E-state index in [0.29, 0.717) is 30.3 Å². The van der Waals surface area contributed by atoms with Crippen molar-refractivity contribution in [2.75, 3.05) is 0 Å². The van der Waals surface area contributed by atoms with Crippen molar-refractivity contribution in [3.05, 3.63) is 76.2 Å². The summed E-state index contributed by atoms with van der Waals surface area (Å²) in [7, 11) is 0. The van der Waals surface area contributed by atoms with Gasteiger partial charge in [0.2, 0.25) is 0 Å². The van der Waals surface area contributed by atoms with Gasteiger partial charge in [-0.15, -0.1) is 0 Å². The number of rotatable bonds is 4. The molecule has 1 aliphatic heterocycles. The molecule has 4 rings (SSSR count). The van der Waals surface area contributed by atoms with Gasteiger partial charge in [0.25, 0.3) is 5.56 Å². The molecule has 7 nitrogen and oxygen atoms in total. The standard InChI is InChI=1S/C22H25N5O2/c1-14-4-6-15(7-5-14)19(28)10-16-21-26-18(17-8-9-23-12-24-17)11-20(29)27(21)13-25-22(16,2)3/h4-9,11-12,16,19,25,28H,10,13H2,1-3H3/t16?,19-/m0/s1. The van der Waals surface area contributed by atoms with Crippen LogP contribution in [0.2, 0.25) is 0 Å². The Morgan fingerprint density at radius 2 is 2.00 bits per heavy atom. The van der Waals surface area contributed by atoms with E-state index in [4.69, 9.17) is 4.98 Å². The van der Waals surface area contributed by atoms with Crippen LogP contribution in [0.1, 0.15) is 49.2 Å². The molecule has 1 aliphatic rings. The summed E-state index contributed by atoms with van der Waals surface area (Å²) in [6.45, 7) is 6.56. The van der Waals surface area contributed by atoms with E-state index in [-0.39, 0.29) is 17.0 Å². The van der Waals surface area contributed by atoms with Gasteiger partial charge in [0, 0.05) is 23.7 Å². The highest BCUT2D eigenvalue weighted by Gasteiger charge is 2.39. The molecule has 2 atom stereocenters. The summed E-state index contributed by atoms with van der Waals surface area (Å²) in [6.07, 6.45) is 2.86. The molecule has 1 unspecified atom stereocenters. The van der Waals surface area contributed by atoms with Crippen molar-refractivity contribution < 1.29 is 5.11 Å². The fourth-order valence-electron chi connectivity index (χ4n) is 3.80. The number of benzene rings is 1. The summed E-state index contributed by atoms with van der Waals surface area (Å²) in [4.78, 5) is 25.8. The molecule has 0 radical (unpaired) electrons. The van der Waals surface area contributed by atoms with Crippen molar-refractivity contribution in [3.8, 4) is 11.4 Å². The molecule has 7 heteroatoms. The lowest BCUT2D eigenvalue weighted by Gasteiger charge is -2.41. The van der Waals surface area contributed by atoms with Gasteiger partial charge in [0.05, 0.1) is 24.2 Å². The zero-order chi connectivity index (χ0) is 20.6. The Labute approximate surface area is 169 Å². The Kier molecular flexibility index (Phi) is 5.02. The van der Waals surface area contributed by atoms with Gasteiger partial charge in [-0.2, -0.15) is 0 Å². The van der Waals surface area contributed by atoms with Crippen molar-refractivity contribution >= 4 is 0 Å². The first-order valence-electron chi connectivity index (χ1n) is 9.73. The van der Waals surface area contributed by atoms with E-state index in [1.807, 2.05) is 31.2 Å². The van der Waals surface area contributed by atoms with Gasteiger partial charge in [0.1, 0.15) is 12.2 Å². The molecule has 2 N–H and O–H groups in total. The van der Waals surface area contributed by atoms with Crippen molar-refractivity contribution in [3.63, 3.8) is 0 Å². The van der Waals surface area contributed by atoms with Crippen LogP contribution in [-0.4, -0.2) is 30.2 Å². The minimum Gasteiger partial charge on any atom is -0.388 e. The summed E-state index contributed by atoms with van der Waals surface area (Å²) in [5.41, 5.74) is 2.66. The first kappa shape index (κ1) is 19.4. The van der Waals surface area contributed by atoms with Gasteiger partial charge in [-0.3, -0.25) is 14.7 Å². The monoisotopic (exact) mass is 391 g/mol. The molecule has 0 spiro atoms. The Balaban J connectivity index is 1.75. The number of aromatic nitrogens is 4. The molecule has 0 fully saturated rings. The Hall–Kier alpha value is -2.90. The highest BCUT2D eigenvalue weighted by atomic mass is 16.3. The van der Waals surface area contributed by atoms with E-state index in [1.165, 1.54) is 12.4 Å². The van der Waals surface area contributed by atoms with Crippen LogP contribution in [0.3, 0.4) is 0 Å². The first-order valence-corrected chi connectivity index (χ1v) is 9.73. The fraction of sp³-hybridized carbons (Fsp3) is 0.364. The number of hydrogen-bond donors (Lipinski definition) is 2. The molecule has 3 heterocycles. The third kappa shape index (κ3) is 3.83. The molecule has 150 valence electrons. The average Bonchev–Trinajstić information content (AvgIpc) is 2.71. The third-order valence-corrected chi connectivity index (χ3v) is 5.68. The minimum atomic E-state index is -0.659. The Bertz CT molecular complexity index is 1060. The Morgan fingerprint density at radius 3 is 2.69 bits per heavy atom. The minimum absolute atomic E-state index is 0.138. The molecule has 3 aromatic rings. The van der Waals surface area contributed by atoms with Gasteiger partial charge in [0.15, 0.2) is 0 Å². The van der Waals surface area contributed by atoms with Crippen molar-refractivity contribution in [2.45, 2.75) is 51.4 Å². The molecule has 0 saturated carbocycles. The van der Waals surface area contributed by atoms with Crippen LogP contribution in [-0.2, 0) is 6.67 Å². The van der Waals surface area contributed by atoms with E-state index < -0.39 is 6.10 Å². The van der Waals surface area contributed by atoms with Crippen molar-refractivity contribution in [2.24, 2.45) is 0 Å². The maximum absolute atomic E-state index is 12.8. The largest absolute Gasteiger partial charge is 0.388 e. The Morgan fingerprint density at radius 1 is 1.24 bits per heavy atom. The lowest BCUT2D eigenvalue weighted by molar-refractivity contribution is 0.119. The van der Waals surface area contributed by atoms with Gasteiger partial charge in [-0.1, -0.05) is 29.8 Å². The maximum atomic E-state index is 12.8. The smallest absolute Gasteiger partial charge is 0.255 e. The summed E-state index contributed by atoms with van der Waals surface area (Å²) in [5.74, 6) is 0.503. The predicted molar refractivity (Wildman–Crippen MR) is 110 cm³/mol. The van der Waals surface area contributed by atoms with Gasteiger partial charge < -0.3 is 5.11 Å². The number of nitrogens with zero attached hydrogens (tertiary/aromatic N) is 4. The lowest BCUT2D eigenvalue weighted by atomic mass is 9.80. The zero-order valence-corrected chi connectivity index (χ0v) is 16.8. The van der Waals surface area contributed by atoms with Crippen molar-refractivity contribution in [1.29, 1.82) is 0 Å². The summed E-state index contributed by atoms with van der Waals surface area (Å²) in [6, 6.07) is 11.1. The summed E-state index contributed by atoms with van der Waals surface area (Å²) in [5, 5.41) is 14.3. The second-order valence-electron chi connectivity index (χ2n) is 8.13. The number of fused-ring (bicyclic) bond motifs is 1. The van der Waals surface area contributed by atoms with Crippen LogP contribution in [0.5, 0.6) is 0 Å². The third-order valence-electron chi connectivity index (χ3n) is 5.68. The molecule has 0 aliphatic carbocycles. The van der Waals surface area contributed by atoms with Gasteiger partial charge in [-0.05, 0) is 38.8 Å². The van der Waals surface area contributed by atoms with Crippen molar-refractivity contribution in [1.82, 2.24) is 24.8 Å². The molecule has 2 aromatic heterocycles. The molecule has 0 amide bonds. The maximum Gasteiger partial charge on any atom is 0.255 e. The van der Waals surface area contributed by atoms with Crippen LogP contribution in [0.4, 0.5) is 0 Å². The molecular weight excluding hydrogens is 366 g/mol.